The Bertz CT molecular complexity index is 367. The summed E-state index contributed by atoms with van der Waals surface area (Å²) in [7, 11) is 0. The molecule has 1 saturated heterocycles. The van der Waals surface area contributed by atoms with Gasteiger partial charge in [0.1, 0.15) is 5.76 Å². The summed E-state index contributed by atoms with van der Waals surface area (Å²) in [6.07, 6.45) is 6.40. The lowest BCUT2D eigenvalue weighted by molar-refractivity contribution is -0.127. The summed E-state index contributed by atoms with van der Waals surface area (Å²) >= 11 is 0. The maximum Gasteiger partial charge on any atom is 0.240 e. The van der Waals surface area contributed by atoms with Crippen molar-refractivity contribution >= 4 is 5.91 Å². The average molecular weight is 250 g/mol. The van der Waals surface area contributed by atoms with Crippen molar-refractivity contribution in [1.82, 2.24) is 10.6 Å². The molecule has 1 aliphatic heterocycles. The molecule has 4 heteroatoms. The van der Waals surface area contributed by atoms with Gasteiger partial charge in [0.05, 0.1) is 11.8 Å². The normalized spacial score (nSPS) is 23.2. The van der Waals surface area contributed by atoms with Crippen LogP contribution >= 0.6 is 0 Å². The lowest BCUT2D eigenvalue weighted by Crippen LogP contribution is -2.53. The molecule has 0 saturated carbocycles. The van der Waals surface area contributed by atoms with Crippen LogP contribution in [0.4, 0.5) is 0 Å². The zero-order valence-corrected chi connectivity index (χ0v) is 11.0. The molecule has 1 unspecified atom stereocenters. The Morgan fingerprint density at radius 3 is 3.11 bits per heavy atom. The van der Waals surface area contributed by atoms with Gasteiger partial charge in [-0.3, -0.25) is 4.79 Å². The highest BCUT2D eigenvalue weighted by molar-refractivity contribution is 5.86. The fraction of sp³-hybridized carbons (Fsp3) is 0.643. The molecule has 1 fully saturated rings. The molecule has 1 aromatic heterocycles. The second-order valence-electron chi connectivity index (χ2n) is 4.95. The molecule has 0 spiro atoms. The lowest BCUT2D eigenvalue weighted by atomic mass is 9.91. The van der Waals surface area contributed by atoms with Crippen LogP contribution in [0.25, 0.3) is 0 Å². The van der Waals surface area contributed by atoms with Crippen LogP contribution in [0.1, 0.15) is 38.4 Å². The minimum atomic E-state index is -0.322. The summed E-state index contributed by atoms with van der Waals surface area (Å²) in [5.74, 6) is 1.06. The predicted octanol–water partition coefficient (Wildman–Crippen LogP) is 1.86. The molecule has 0 bridgehead atoms. The molecule has 0 radical (unpaired) electrons. The number of furan rings is 1. The molecule has 0 aliphatic carbocycles. The number of hydrogen-bond acceptors (Lipinski definition) is 3. The monoisotopic (exact) mass is 250 g/mol. The van der Waals surface area contributed by atoms with Crippen molar-refractivity contribution in [2.75, 3.05) is 13.1 Å². The highest BCUT2D eigenvalue weighted by Crippen LogP contribution is 2.24. The molecule has 1 atom stereocenters. The van der Waals surface area contributed by atoms with Crippen LogP contribution in [-0.2, 0) is 11.2 Å². The van der Waals surface area contributed by atoms with E-state index in [-0.39, 0.29) is 11.4 Å². The van der Waals surface area contributed by atoms with Gasteiger partial charge in [0, 0.05) is 13.0 Å². The first-order valence-corrected chi connectivity index (χ1v) is 6.82. The zero-order chi connectivity index (χ0) is 12.8. The fourth-order valence-corrected chi connectivity index (χ4v) is 2.68. The molecule has 1 amide bonds. The molecule has 2 rings (SSSR count). The van der Waals surface area contributed by atoms with E-state index in [4.69, 9.17) is 4.42 Å². The second-order valence-corrected chi connectivity index (χ2v) is 4.95. The third kappa shape index (κ3) is 2.93. The van der Waals surface area contributed by atoms with E-state index in [0.717, 1.165) is 44.4 Å². The van der Waals surface area contributed by atoms with E-state index in [1.165, 1.54) is 0 Å². The second kappa shape index (κ2) is 6.05. The summed E-state index contributed by atoms with van der Waals surface area (Å²) in [5.41, 5.74) is -0.322. The lowest BCUT2D eigenvalue weighted by Gasteiger charge is -2.27. The molecule has 4 nitrogen and oxygen atoms in total. The van der Waals surface area contributed by atoms with E-state index in [1.807, 2.05) is 12.1 Å². The smallest absolute Gasteiger partial charge is 0.240 e. The molecule has 1 aliphatic rings. The van der Waals surface area contributed by atoms with Crippen LogP contribution in [0.3, 0.4) is 0 Å². The standard InChI is InChI=1S/C14H22N2O2/c1-2-7-14(8-4-9-16-14)13(17)15-10-6-12-5-3-11-18-12/h3,5,11,16H,2,4,6-10H2,1H3,(H,15,17). The summed E-state index contributed by atoms with van der Waals surface area (Å²) < 4.78 is 5.25. The van der Waals surface area contributed by atoms with Crippen molar-refractivity contribution in [2.45, 2.75) is 44.6 Å². The maximum absolute atomic E-state index is 12.3. The van der Waals surface area contributed by atoms with Crippen LogP contribution < -0.4 is 10.6 Å². The SMILES string of the molecule is CCCC1(C(=O)NCCc2ccco2)CCCN1. The van der Waals surface area contributed by atoms with E-state index >= 15 is 0 Å². The van der Waals surface area contributed by atoms with Gasteiger partial charge in [0.25, 0.3) is 0 Å². The van der Waals surface area contributed by atoms with Crippen molar-refractivity contribution in [3.05, 3.63) is 24.2 Å². The van der Waals surface area contributed by atoms with Crippen LogP contribution in [0.2, 0.25) is 0 Å². The Morgan fingerprint density at radius 2 is 2.50 bits per heavy atom. The fourth-order valence-electron chi connectivity index (χ4n) is 2.68. The number of hydrogen-bond donors (Lipinski definition) is 2. The van der Waals surface area contributed by atoms with E-state index in [2.05, 4.69) is 17.6 Å². The van der Waals surface area contributed by atoms with Crippen LogP contribution in [0.5, 0.6) is 0 Å². The number of carbonyl (C=O) groups excluding carboxylic acids is 1. The van der Waals surface area contributed by atoms with Crippen molar-refractivity contribution in [2.24, 2.45) is 0 Å². The quantitative estimate of drug-likeness (QED) is 0.810. The van der Waals surface area contributed by atoms with E-state index in [1.54, 1.807) is 6.26 Å². The highest BCUT2D eigenvalue weighted by Gasteiger charge is 2.39. The van der Waals surface area contributed by atoms with Crippen molar-refractivity contribution in [1.29, 1.82) is 0 Å². The Balaban J connectivity index is 1.82. The van der Waals surface area contributed by atoms with Gasteiger partial charge in [0.15, 0.2) is 0 Å². The Morgan fingerprint density at radius 1 is 1.61 bits per heavy atom. The van der Waals surface area contributed by atoms with E-state index < -0.39 is 0 Å². The van der Waals surface area contributed by atoms with E-state index in [0.29, 0.717) is 6.54 Å². The summed E-state index contributed by atoms with van der Waals surface area (Å²) in [5, 5.41) is 6.41. The summed E-state index contributed by atoms with van der Waals surface area (Å²) in [6.45, 7) is 3.71. The van der Waals surface area contributed by atoms with Gasteiger partial charge in [-0.2, -0.15) is 0 Å². The Hall–Kier alpha value is -1.29. The predicted molar refractivity (Wildman–Crippen MR) is 70.3 cm³/mol. The maximum atomic E-state index is 12.3. The van der Waals surface area contributed by atoms with Crippen LogP contribution in [-0.4, -0.2) is 24.5 Å². The summed E-state index contributed by atoms with van der Waals surface area (Å²) in [6, 6.07) is 3.80. The third-order valence-electron chi connectivity index (χ3n) is 3.59. The Kier molecular flexibility index (Phi) is 4.42. The first-order chi connectivity index (χ1) is 8.77. The van der Waals surface area contributed by atoms with Gasteiger partial charge in [-0.05, 0) is 37.9 Å². The first-order valence-electron chi connectivity index (χ1n) is 6.82. The minimum absolute atomic E-state index is 0.147. The highest BCUT2D eigenvalue weighted by atomic mass is 16.3. The van der Waals surface area contributed by atoms with Gasteiger partial charge in [0.2, 0.25) is 5.91 Å². The van der Waals surface area contributed by atoms with Crippen molar-refractivity contribution in [3.63, 3.8) is 0 Å². The number of nitrogens with one attached hydrogen (secondary N) is 2. The van der Waals surface area contributed by atoms with Gasteiger partial charge in [-0.15, -0.1) is 0 Å². The molecule has 18 heavy (non-hydrogen) atoms. The molecule has 2 N–H and O–H groups in total. The molecular formula is C14H22N2O2. The molecule has 100 valence electrons. The Labute approximate surface area is 108 Å². The first kappa shape index (κ1) is 13.1. The zero-order valence-electron chi connectivity index (χ0n) is 11.0. The molecule has 2 heterocycles. The number of carbonyl (C=O) groups is 1. The summed E-state index contributed by atoms with van der Waals surface area (Å²) in [4.78, 5) is 12.3. The van der Waals surface area contributed by atoms with Gasteiger partial charge in [-0.1, -0.05) is 13.3 Å². The number of rotatable bonds is 6. The third-order valence-corrected chi connectivity index (χ3v) is 3.59. The number of amides is 1. The van der Waals surface area contributed by atoms with Gasteiger partial charge < -0.3 is 15.1 Å². The van der Waals surface area contributed by atoms with Crippen LogP contribution in [0.15, 0.2) is 22.8 Å². The molecule has 0 aromatic carbocycles. The molecular weight excluding hydrogens is 228 g/mol. The van der Waals surface area contributed by atoms with Crippen molar-refractivity contribution < 1.29 is 9.21 Å². The van der Waals surface area contributed by atoms with Gasteiger partial charge >= 0.3 is 0 Å². The average Bonchev–Trinajstić information content (AvgIpc) is 3.01. The largest absolute Gasteiger partial charge is 0.469 e. The van der Waals surface area contributed by atoms with Gasteiger partial charge in [-0.25, -0.2) is 0 Å². The molecule has 1 aromatic rings. The topological polar surface area (TPSA) is 54.3 Å². The minimum Gasteiger partial charge on any atom is -0.469 e. The van der Waals surface area contributed by atoms with E-state index in [9.17, 15) is 4.79 Å². The van der Waals surface area contributed by atoms with Crippen LogP contribution in [0, 0.1) is 0 Å². The van der Waals surface area contributed by atoms with Crippen molar-refractivity contribution in [3.8, 4) is 0 Å².